The molecule has 0 aliphatic heterocycles. The van der Waals surface area contributed by atoms with Crippen LogP contribution in [0.15, 0.2) is 62.2 Å². The molecular formula is C21H18N4O7. The van der Waals surface area contributed by atoms with Crippen LogP contribution in [0.5, 0.6) is 0 Å². The summed E-state index contributed by atoms with van der Waals surface area (Å²) in [6.45, 7) is 1.91. The number of nitro groups is 1. The lowest BCUT2D eigenvalue weighted by molar-refractivity contribution is -0.384. The molecule has 0 amide bonds. The number of carbonyl (C=O) groups is 1. The molecule has 164 valence electrons. The van der Waals surface area contributed by atoms with Crippen LogP contribution in [-0.2, 0) is 16.1 Å². The number of esters is 1. The minimum atomic E-state index is -0.778. The fourth-order valence-electron chi connectivity index (χ4n) is 3.15. The number of ether oxygens (including phenoxy) is 1. The van der Waals surface area contributed by atoms with E-state index in [1.54, 1.807) is 31.2 Å². The maximum Gasteiger partial charge on any atom is 0.419 e. The summed E-state index contributed by atoms with van der Waals surface area (Å²) in [6, 6.07) is 12.7. The van der Waals surface area contributed by atoms with E-state index in [1.807, 2.05) is 0 Å². The molecule has 11 nitrogen and oxygen atoms in total. The summed E-state index contributed by atoms with van der Waals surface area (Å²) in [6.07, 6.45) is -0.314. The van der Waals surface area contributed by atoms with Crippen molar-refractivity contribution in [3.05, 3.63) is 75.1 Å². The van der Waals surface area contributed by atoms with Gasteiger partial charge in [0.05, 0.1) is 10.4 Å². The monoisotopic (exact) mass is 438 g/mol. The Kier molecular flexibility index (Phi) is 5.79. The maximum atomic E-state index is 12.2. The SMILES string of the molecule is CC(OC(=O)CCCn1c(=O)oc2ccccc21)c1nnc(-c2ccc([N+](=O)[O-])cc2)o1. The molecule has 0 fully saturated rings. The van der Waals surface area contributed by atoms with Gasteiger partial charge in [-0.1, -0.05) is 12.1 Å². The molecule has 32 heavy (non-hydrogen) atoms. The van der Waals surface area contributed by atoms with Crippen LogP contribution in [0.3, 0.4) is 0 Å². The fraction of sp³-hybridized carbons (Fsp3) is 0.238. The maximum absolute atomic E-state index is 12.2. The van der Waals surface area contributed by atoms with E-state index in [0.717, 1.165) is 0 Å². The van der Waals surface area contributed by atoms with E-state index < -0.39 is 22.8 Å². The molecule has 1 unspecified atom stereocenters. The second-order valence-corrected chi connectivity index (χ2v) is 6.97. The lowest BCUT2D eigenvalue weighted by Crippen LogP contribution is -2.16. The number of carbonyl (C=O) groups excluding carboxylic acids is 1. The molecule has 0 aliphatic carbocycles. The predicted molar refractivity (Wildman–Crippen MR) is 111 cm³/mol. The largest absolute Gasteiger partial charge is 0.453 e. The summed E-state index contributed by atoms with van der Waals surface area (Å²) in [4.78, 5) is 34.4. The zero-order valence-electron chi connectivity index (χ0n) is 17.0. The van der Waals surface area contributed by atoms with Crippen LogP contribution in [0, 0.1) is 10.1 Å². The van der Waals surface area contributed by atoms with Crippen molar-refractivity contribution >= 4 is 22.8 Å². The van der Waals surface area contributed by atoms with Crippen molar-refractivity contribution in [1.82, 2.24) is 14.8 Å². The first-order valence-electron chi connectivity index (χ1n) is 9.78. The van der Waals surface area contributed by atoms with Crippen molar-refractivity contribution in [3.8, 4) is 11.5 Å². The number of aromatic nitrogens is 3. The van der Waals surface area contributed by atoms with Crippen LogP contribution >= 0.6 is 0 Å². The minimum Gasteiger partial charge on any atom is -0.453 e. The smallest absolute Gasteiger partial charge is 0.419 e. The molecule has 2 heterocycles. The third-order valence-electron chi connectivity index (χ3n) is 4.76. The van der Waals surface area contributed by atoms with Crippen LogP contribution in [0.1, 0.15) is 31.8 Å². The molecule has 2 aromatic heterocycles. The summed E-state index contributed by atoms with van der Waals surface area (Å²) >= 11 is 0. The van der Waals surface area contributed by atoms with E-state index in [9.17, 15) is 19.7 Å². The third kappa shape index (κ3) is 4.41. The van der Waals surface area contributed by atoms with Crippen molar-refractivity contribution in [2.75, 3.05) is 0 Å². The van der Waals surface area contributed by atoms with Crippen LogP contribution in [0.4, 0.5) is 5.69 Å². The number of para-hydroxylation sites is 2. The second kappa shape index (κ2) is 8.84. The number of hydrogen-bond donors (Lipinski definition) is 0. The average Bonchev–Trinajstić information content (AvgIpc) is 3.39. The van der Waals surface area contributed by atoms with E-state index in [1.165, 1.54) is 28.8 Å². The number of aryl methyl sites for hydroxylation is 1. The molecule has 2 aromatic carbocycles. The number of oxazole rings is 1. The Morgan fingerprint density at radius 1 is 1.16 bits per heavy atom. The standard InChI is InChI=1S/C21H18N4O7/c1-13(19-22-23-20(32-19)14-8-10-15(11-9-14)25(28)29)30-18(26)7-4-12-24-16-5-2-3-6-17(16)31-21(24)27/h2-3,5-6,8-11,13H,4,7,12H2,1H3. The van der Waals surface area contributed by atoms with E-state index >= 15 is 0 Å². The molecule has 11 heteroatoms. The summed E-state index contributed by atoms with van der Waals surface area (Å²) < 4.78 is 17.5. The van der Waals surface area contributed by atoms with Gasteiger partial charge in [-0.3, -0.25) is 19.5 Å². The topological polar surface area (TPSA) is 144 Å². The van der Waals surface area contributed by atoms with Gasteiger partial charge in [0, 0.05) is 30.7 Å². The molecule has 0 bridgehead atoms. The van der Waals surface area contributed by atoms with Gasteiger partial charge in [0.25, 0.3) is 11.6 Å². The van der Waals surface area contributed by atoms with Gasteiger partial charge < -0.3 is 13.6 Å². The molecule has 0 radical (unpaired) electrons. The Bertz CT molecular complexity index is 1320. The normalized spacial score (nSPS) is 12.0. The van der Waals surface area contributed by atoms with Gasteiger partial charge in [0.2, 0.25) is 5.89 Å². The number of fused-ring (bicyclic) bond motifs is 1. The van der Waals surface area contributed by atoms with Gasteiger partial charge in [0.15, 0.2) is 11.7 Å². The van der Waals surface area contributed by atoms with E-state index in [4.69, 9.17) is 13.6 Å². The van der Waals surface area contributed by atoms with E-state index in [0.29, 0.717) is 29.6 Å². The van der Waals surface area contributed by atoms with Gasteiger partial charge in [-0.05, 0) is 37.6 Å². The molecule has 0 N–H and O–H groups in total. The van der Waals surface area contributed by atoms with Gasteiger partial charge >= 0.3 is 11.7 Å². The van der Waals surface area contributed by atoms with Gasteiger partial charge in [0.1, 0.15) is 0 Å². The highest BCUT2D eigenvalue weighted by atomic mass is 16.6. The Morgan fingerprint density at radius 3 is 2.66 bits per heavy atom. The third-order valence-corrected chi connectivity index (χ3v) is 4.76. The van der Waals surface area contributed by atoms with Crippen LogP contribution in [-0.4, -0.2) is 25.7 Å². The molecule has 4 rings (SSSR count). The Hall–Kier alpha value is -4.28. The molecule has 0 spiro atoms. The first kappa shape index (κ1) is 21.0. The Labute approximate surface area is 180 Å². The number of nitro benzene ring substituents is 1. The zero-order valence-corrected chi connectivity index (χ0v) is 17.0. The second-order valence-electron chi connectivity index (χ2n) is 6.97. The highest BCUT2D eigenvalue weighted by Gasteiger charge is 2.19. The van der Waals surface area contributed by atoms with Gasteiger partial charge in [-0.25, -0.2) is 4.79 Å². The van der Waals surface area contributed by atoms with Gasteiger partial charge in [-0.15, -0.1) is 10.2 Å². The predicted octanol–water partition coefficient (Wildman–Crippen LogP) is 3.64. The van der Waals surface area contributed by atoms with Gasteiger partial charge in [-0.2, -0.15) is 0 Å². The first-order chi connectivity index (χ1) is 15.4. The first-order valence-corrected chi connectivity index (χ1v) is 9.78. The fourth-order valence-corrected chi connectivity index (χ4v) is 3.15. The molecular weight excluding hydrogens is 420 g/mol. The highest BCUT2D eigenvalue weighted by Crippen LogP contribution is 2.24. The molecule has 4 aromatic rings. The summed E-state index contributed by atoms with van der Waals surface area (Å²) in [5, 5.41) is 18.5. The number of benzene rings is 2. The number of hydrogen-bond acceptors (Lipinski definition) is 9. The molecule has 0 saturated heterocycles. The van der Waals surface area contributed by atoms with Crippen molar-refractivity contribution in [1.29, 1.82) is 0 Å². The van der Waals surface area contributed by atoms with Crippen LogP contribution in [0.25, 0.3) is 22.6 Å². The number of rotatable bonds is 8. The highest BCUT2D eigenvalue weighted by molar-refractivity contribution is 5.72. The van der Waals surface area contributed by atoms with Crippen molar-refractivity contribution in [2.45, 2.75) is 32.4 Å². The Morgan fingerprint density at radius 2 is 1.91 bits per heavy atom. The van der Waals surface area contributed by atoms with Crippen molar-refractivity contribution in [3.63, 3.8) is 0 Å². The summed E-state index contributed by atoms with van der Waals surface area (Å²) in [7, 11) is 0. The molecule has 1 atom stereocenters. The van der Waals surface area contributed by atoms with Crippen molar-refractivity contribution < 1.29 is 23.3 Å². The van der Waals surface area contributed by atoms with E-state index in [-0.39, 0.29) is 23.9 Å². The molecule has 0 aliphatic rings. The quantitative estimate of drug-likeness (QED) is 0.229. The summed E-state index contributed by atoms with van der Waals surface area (Å²) in [5.41, 5.74) is 1.62. The lowest BCUT2D eigenvalue weighted by atomic mass is 10.2. The Balaban J connectivity index is 1.32. The van der Waals surface area contributed by atoms with Crippen LogP contribution < -0.4 is 5.76 Å². The average molecular weight is 438 g/mol. The van der Waals surface area contributed by atoms with Crippen molar-refractivity contribution in [2.24, 2.45) is 0 Å². The minimum absolute atomic E-state index is 0.0542. The zero-order chi connectivity index (χ0) is 22.7. The number of nitrogens with zero attached hydrogens (tertiary/aromatic N) is 4. The summed E-state index contributed by atoms with van der Waals surface area (Å²) in [5.74, 6) is -0.696. The number of non-ortho nitro benzene ring substituents is 1. The molecule has 0 saturated carbocycles. The van der Waals surface area contributed by atoms with Crippen LogP contribution in [0.2, 0.25) is 0 Å². The lowest BCUT2D eigenvalue weighted by Gasteiger charge is -2.09. The van der Waals surface area contributed by atoms with E-state index in [2.05, 4.69) is 10.2 Å².